The Morgan fingerprint density at radius 3 is 2.53 bits per heavy atom. The molecule has 0 amide bonds. The molecule has 0 aliphatic rings. The molecule has 17 heavy (non-hydrogen) atoms. The maximum Gasteiger partial charge on any atom is 0.121 e. The fourth-order valence-electron chi connectivity index (χ4n) is 1.80. The Kier molecular flexibility index (Phi) is 3.85. The van der Waals surface area contributed by atoms with Crippen LogP contribution in [0, 0.1) is 0 Å². The molecule has 2 rings (SSSR count). The molecule has 1 unspecified atom stereocenters. The SMILES string of the molecule is CCC(C)c1ccc(-c2cnc(CCl)[nH]2)cc1. The van der Waals surface area contributed by atoms with Gasteiger partial charge in [0.15, 0.2) is 0 Å². The van der Waals surface area contributed by atoms with Crippen LogP contribution in [0.15, 0.2) is 30.5 Å². The Morgan fingerprint density at radius 2 is 2.00 bits per heavy atom. The topological polar surface area (TPSA) is 28.7 Å². The van der Waals surface area contributed by atoms with E-state index in [1.807, 2.05) is 6.20 Å². The van der Waals surface area contributed by atoms with Crippen molar-refractivity contribution in [2.24, 2.45) is 0 Å². The van der Waals surface area contributed by atoms with Crippen molar-refractivity contribution in [3.05, 3.63) is 41.9 Å². The molecular weight excluding hydrogens is 232 g/mol. The van der Waals surface area contributed by atoms with Crippen LogP contribution in [-0.2, 0) is 5.88 Å². The van der Waals surface area contributed by atoms with Gasteiger partial charge in [-0.15, -0.1) is 11.6 Å². The highest BCUT2D eigenvalue weighted by atomic mass is 35.5. The quantitative estimate of drug-likeness (QED) is 0.802. The summed E-state index contributed by atoms with van der Waals surface area (Å²) in [6.45, 7) is 4.46. The van der Waals surface area contributed by atoms with Crippen LogP contribution >= 0.6 is 11.6 Å². The number of aromatic nitrogens is 2. The molecule has 1 aromatic heterocycles. The van der Waals surface area contributed by atoms with Gasteiger partial charge in [-0.2, -0.15) is 0 Å². The number of hydrogen-bond acceptors (Lipinski definition) is 1. The highest BCUT2D eigenvalue weighted by Gasteiger charge is 2.05. The third-order valence-electron chi connectivity index (χ3n) is 3.16. The minimum atomic E-state index is 0.422. The molecule has 0 aliphatic carbocycles. The highest BCUT2D eigenvalue weighted by Crippen LogP contribution is 2.23. The first-order chi connectivity index (χ1) is 8.24. The molecule has 0 spiro atoms. The lowest BCUT2D eigenvalue weighted by molar-refractivity contribution is 0.734. The van der Waals surface area contributed by atoms with Gasteiger partial charge in [-0.05, 0) is 23.5 Å². The van der Waals surface area contributed by atoms with Gasteiger partial charge in [-0.3, -0.25) is 0 Å². The second kappa shape index (κ2) is 5.37. The first kappa shape index (κ1) is 12.2. The van der Waals surface area contributed by atoms with Gasteiger partial charge in [0.25, 0.3) is 0 Å². The largest absolute Gasteiger partial charge is 0.341 e. The van der Waals surface area contributed by atoms with Crippen LogP contribution in [-0.4, -0.2) is 9.97 Å². The summed E-state index contributed by atoms with van der Waals surface area (Å²) in [7, 11) is 0. The molecule has 2 nitrogen and oxygen atoms in total. The van der Waals surface area contributed by atoms with E-state index in [-0.39, 0.29) is 0 Å². The van der Waals surface area contributed by atoms with Crippen molar-refractivity contribution >= 4 is 11.6 Å². The summed E-state index contributed by atoms with van der Waals surface area (Å²) in [4.78, 5) is 7.40. The van der Waals surface area contributed by atoms with Crippen molar-refractivity contribution in [1.82, 2.24) is 9.97 Å². The molecule has 1 atom stereocenters. The molecule has 0 saturated carbocycles. The summed E-state index contributed by atoms with van der Waals surface area (Å²) in [6, 6.07) is 8.63. The molecule has 0 saturated heterocycles. The number of alkyl halides is 1. The molecule has 90 valence electrons. The van der Waals surface area contributed by atoms with E-state index >= 15 is 0 Å². The van der Waals surface area contributed by atoms with Gasteiger partial charge in [0.1, 0.15) is 5.82 Å². The molecule has 0 aliphatic heterocycles. The Balaban J connectivity index is 2.22. The summed E-state index contributed by atoms with van der Waals surface area (Å²) < 4.78 is 0. The van der Waals surface area contributed by atoms with Crippen molar-refractivity contribution in [1.29, 1.82) is 0 Å². The van der Waals surface area contributed by atoms with E-state index in [1.165, 1.54) is 12.0 Å². The predicted octanol–water partition coefficient (Wildman–Crippen LogP) is 4.33. The second-order valence-electron chi connectivity index (χ2n) is 4.31. The number of nitrogens with one attached hydrogen (secondary N) is 1. The summed E-state index contributed by atoms with van der Waals surface area (Å²) in [5.41, 5.74) is 3.56. The van der Waals surface area contributed by atoms with Gasteiger partial charge < -0.3 is 4.98 Å². The van der Waals surface area contributed by atoms with E-state index in [9.17, 15) is 0 Å². The summed E-state index contributed by atoms with van der Waals surface area (Å²) in [5.74, 6) is 1.85. The number of benzene rings is 1. The van der Waals surface area contributed by atoms with Crippen molar-refractivity contribution in [2.45, 2.75) is 32.1 Å². The van der Waals surface area contributed by atoms with Crippen molar-refractivity contribution in [2.75, 3.05) is 0 Å². The van der Waals surface area contributed by atoms with Crippen molar-refractivity contribution < 1.29 is 0 Å². The van der Waals surface area contributed by atoms with Crippen LogP contribution in [0.3, 0.4) is 0 Å². The van der Waals surface area contributed by atoms with E-state index in [1.54, 1.807) is 0 Å². The fourth-order valence-corrected chi connectivity index (χ4v) is 1.94. The average Bonchev–Trinajstić information content (AvgIpc) is 2.87. The maximum absolute atomic E-state index is 5.72. The van der Waals surface area contributed by atoms with Gasteiger partial charge in [-0.1, -0.05) is 38.1 Å². The number of rotatable bonds is 4. The minimum absolute atomic E-state index is 0.422. The van der Waals surface area contributed by atoms with Crippen molar-refractivity contribution in [3.63, 3.8) is 0 Å². The molecule has 0 radical (unpaired) electrons. The van der Waals surface area contributed by atoms with E-state index in [0.29, 0.717) is 11.8 Å². The molecule has 1 N–H and O–H groups in total. The average molecular weight is 249 g/mol. The molecule has 1 heterocycles. The lowest BCUT2D eigenvalue weighted by Crippen LogP contribution is -1.90. The standard InChI is InChI=1S/C14H17ClN2/c1-3-10(2)11-4-6-12(7-5-11)13-9-16-14(8-15)17-13/h4-7,9-10H,3,8H2,1-2H3,(H,16,17). The zero-order valence-electron chi connectivity index (χ0n) is 10.2. The van der Waals surface area contributed by atoms with Crippen LogP contribution in [0.4, 0.5) is 0 Å². The number of H-pyrrole nitrogens is 1. The third-order valence-corrected chi connectivity index (χ3v) is 3.41. The molecule has 2 aromatic rings. The van der Waals surface area contributed by atoms with Crippen LogP contribution < -0.4 is 0 Å². The summed E-state index contributed by atoms with van der Waals surface area (Å²) in [5, 5.41) is 0. The van der Waals surface area contributed by atoms with Crippen LogP contribution in [0.2, 0.25) is 0 Å². The minimum Gasteiger partial charge on any atom is -0.341 e. The second-order valence-corrected chi connectivity index (χ2v) is 4.58. The van der Waals surface area contributed by atoms with Crippen molar-refractivity contribution in [3.8, 4) is 11.3 Å². The van der Waals surface area contributed by atoms with Gasteiger partial charge >= 0.3 is 0 Å². The Labute approximate surface area is 107 Å². The summed E-state index contributed by atoms with van der Waals surface area (Å²) >= 11 is 5.72. The van der Waals surface area contributed by atoms with Gasteiger partial charge in [0.05, 0.1) is 17.8 Å². The number of aromatic amines is 1. The normalized spacial score (nSPS) is 12.6. The Morgan fingerprint density at radius 1 is 1.29 bits per heavy atom. The van der Waals surface area contributed by atoms with Gasteiger partial charge in [0.2, 0.25) is 0 Å². The zero-order chi connectivity index (χ0) is 12.3. The smallest absolute Gasteiger partial charge is 0.121 e. The van der Waals surface area contributed by atoms with Gasteiger partial charge in [0, 0.05) is 0 Å². The van der Waals surface area contributed by atoms with E-state index in [4.69, 9.17) is 11.6 Å². The monoisotopic (exact) mass is 248 g/mol. The summed E-state index contributed by atoms with van der Waals surface area (Å²) in [6.07, 6.45) is 3.00. The number of halogens is 1. The molecule has 0 bridgehead atoms. The third kappa shape index (κ3) is 2.70. The fraction of sp³-hybridized carbons (Fsp3) is 0.357. The van der Waals surface area contributed by atoms with E-state index in [2.05, 4.69) is 48.1 Å². The van der Waals surface area contributed by atoms with Crippen LogP contribution in [0.5, 0.6) is 0 Å². The molecule has 1 aromatic carbocycles. The van der Waals surface area contributed by atoms with Crippen LogP contribution in [0.25, 0.3) is 11.3 Å². The molecule has 0 fully saturated rings. The van der Waals surface area contributed by atoms with Gasteiger partial charge in [-0.25, -0.2) is 4.98 Å². The first-order valence-electron chi connectivity index (χ1n) is 5.94. The highest BCUT2D eigenvalue weighted by molar-refractivity contribution is 6.16. The Bertz CT molecular complexity index is 473. The maximum atomic E-state index is 5.72. The lowest BCUT2D eigenvalue weighted by atomic mass is 9.97. The first-order valence-corrected chi connectivity index (χ1v) is 6.48. The van der Waals surface area contributed by atoms with E-state index < -0.39 is 0 Å². The number of hydrogen-bond donors (Lipinski definition) is 1. The zero-order valence-corrected chi connectivity index (χ0v) is 11.0. The number of imidazole rings is 1. The lowest BCUT2D eigenvalue weighted by Gasteiger charge is -2.09. The predicted molar refractivity (Wildman–Crippen MR) is 72.3 cm³/mol. The van der Waals surface area contributed by atoms with E-state index in [0.717, 1.165) is 17.1 Å². The Hall–Kier alpha value is -1.28. The van der Waals surface area contributed by atoms with Crippen LogP contribution in [0.1, 0.15) is 37.6 Å². The molecular formula is C14H17ClN2. The number of nitrogens with zero attached hydrogens (tertiary/aromatic N) is 1. The molecule has 3 heteroatoms.